The average Bonchev–Trinajstić information content (AvgIpc) is 2.58. The molecule has 1 aromatic rings. The maximum Gasteiger partial charge on any atom is 0.128 e. The molecule has 0 aliphatic carbocycles. The van der Waals surface area contributed by atoms with Gasteiger partial charge in [0.15, 0.2) is 0 Å². The third-order valence-electron chi connectivity index (χ3n) is 2.91. The molecule has 82 valence electrons. The minimum atomic E-state index is -0.134. The normalized spacial score (nSPS) is 19.4. The van der Waals surface area contributed by atoms with Gasteiger partial charge < -0.3 is 9.74 Å². The molecule has 0 bridgehead atoms. The molecule has 1 aromatic carbocycles. The first-order valence-corrected chi connectivity index (χ1v) is 5.13. The van der Waals surface area contributed by atoms with Gasteiger partial charge in [0, 0.05) is 17.8 Å². The summed E-state index contributed by atoms with van der Waals surface area (Å²) in [5.41, 5.74) is 1.75. The minimum Gasteiger partial charge on any atom is -0.366 e. The van der Waals surface area contributed by atoms with E-state index in [4.69, 9.17) is 5.90 Å². The van der Waals surface area contributed by atoms with Crippen LogP contribution in [0.5, 0.6) is 0 Å². The molecule has 1 atom stereocenters. The van der Waals surface area contributed by atoms with E-state index in [9.17, 15) is 4.39 Å². The standard InChI is InChI=1S/C11H15FN2O/c1-2-14-8(7-15-13)6-9-10(12)4-3-5-11(9)14/h3-5,8H,2,6-7,13H2,1H3. The Hall–Kier alpha value is -1.13. The monoisotopic (exact) mass is 210 g/mol. The Balaban J connectivity index is 2.32. The second-order valence-electron chi connectivity index (χ2n) is 3.71. The van der Waals surface area contributed by atoms with E-state index < -0.39 is 0 Å². The van der Waals surface area contributed by atoms with Crippen LogP contribution < -0.4 is 10.8 Å². The molecule has 1 aliphatic heterocycles. The summed E-state index contributed by atoms with van der Waals surface area (Å²) in [4.78, 5) is 6.80. The Morgan fingerprint density at radius 2 is 2.40 bits per heavy atom. The van der Waals surface area contributed by atoms with Crippen molar-refractivity contribution in [2.24, 2.45) is 5.90 Å². The zero-order valence-corrected chi connectivity index (χ0v) is 8.74. The van der Waals surface area contributed by atoms with Crippen LogP contribution in [0.2, 0.25) is 0 Å². The van der Waals surface area contributed by atoms with Crippen LogP contribution in [0.25, 0.3) is 0 Å². The number of fused-ring (bicyclic) bond motifs is 1. The maximum absolute atomic E-state index is 13.5. The SMILES string of the molecule is CCN1c2cccc(F)c2CC1CON. The highest BCUT2D eigenvalue weighted by molar-refractivity contribution is 5.59. The van der Waals surface area contributed by atoms with Crippen LogP contribution >= 0.6 is 0 Å². The van der Waals surface area contributed by atoms with E-state index in [0.29, 0.717) is 13.0 Å². The van der Waals surface area contributed by atoms with Gasteiger partial charge in [0.05, 0.1) is 12.6 Å². The molecule has 2 rings (SSSR count). The fourth-order valence-electron chi connectivity index (χ4n) is 2.25. The number of rotatable bonds is 3. The van der Waals surface area contributed by atoms with E-state index in [1.165, 1.54) is 6.07 Å². The molecule has 15 heavy (non-hydrogen) atoms. The minimum absolute atomic E-state index is 0.134. The summed E-state index contributed by atoms with van der Waals surface area (Å²) >= 11 is 0. The smallest absolute Gasteiger partial charge is 0.128 e. The molecule has 3 nitrogen and oxygen atoms in total. The van der Waals surface area contributed by atoms with Gasteiger partial charge in [0.25, 0.3) is 0 Å². The molecule has 4 heteroatoms. The Morgan fingerprint density at radius 1 is 1.60 bits per heavy atom. The second kappa shape index (κ2) is 4.16. The lowest BCUT2D eigenvalue weighted by Crippen LogP contribution is -2.36. The van der Waals surface area contributed by atoms with Crippen molar-refractivity contribution in [2.45, 2.75) is 19.4 Å². The second-order valence-corrected chi connectivity index (χ2v) is 3.71. The molecular weight excluding hydrogens is 195 g/mol. The van der Waals surface area contributed by atoms with E-state index in [0.717, 1.165) is 17.8 Å². The summed E-state index contributed by atoms with van der Waals surface area (Å²) in [5.74, 6) is 4.94. The molecule has 2 N–H and O–H groups in total. The van der Waals surface area contributed by atoms with Crippen LogP contribution in [-0.4, -0.2) is 19.2 Å². The van der Waals surface area contributed by atoms with Gasteiger partial charge in [-0.2, -0.15) is 0 Å². The molecule has 1 unspecified atom stereocenters. The zero-order chi connectivity index (χ0) is 10.8. The lowest BCUT2D eigenvalue weighted by Gasteiger charge is -2.24. The Bertz CT molecular complexity index is 356. The van der Waals surface area contributed by atoms with Crippen molar-refractivity contribution >= 4 is 5.69 Å². The molecule has 1 heterocycles. The highest BCUT2D eigenvalue weighted by Gasteiger charge is 2.29. The van der Waals surface area contributed by atoms with Crippen LogP contribution in [0.3, 0.4) is 0 Å². The molecule has 0 saturated carbocycles. The molecule has 0 amide bonds. The number of nitrogens with two attached hydrogens (primary N) is 1. The maximum atomic E-state index is 13.5. The first-order chi connectivity index (χ1) is 7.27. The van der Waals surface area contributed by atoms with Gasteiger partial charge in [-0.15, -0.1) is 0 Å². The topological polar surface area (TPSA) is 38.5 Å². The van der Waals surface area contributed by atoms with Crippen molar-refractivity contribution in [2.75, 3.05) is 18.1 Å². The number of likely N-dealkylation sites (N-methyl/N-ethyl adjacent to an activating group) is 1. The van der Waals surface area contributed by atoms with Crippen molar-refractivity contribution in [3.8, 4) is 0 Å². The van der Waals surface area contributed by atoms with E-state index in [-0.39, 0.29) is 11.9 Å². The predicted molar refractivity (Wildman–Crippen MR) is 57.1 cm³/mol. The van der Waals surface area contributed by atoms with Crippen molar-refractivity contribution < 1.29 is 9.23 Å². The summed E-state index contributed by atoms with van der Waals surface area (Å²) in [7, 11) is 0. The Kier molecular flexibility index (Phi) is 2.88. The summed E-state index contributed by atoms with van der Waals surface area (Å²) in [6.45, 7) is 3.32. The number of hydrogen-bond acceptors (Lipinski definition) is 3. The zero-order valence-electron chi connectivity index (χ0n) is 8.74. The van der Waals surface area contributed by atoms with E-state index in [1.54, 1.807) is 6.07 Å². The van der Waals surface area contributed by atoms with Gasteiger partial charge in [-0.05, 0) is 25.5 Å². The third kappa shape index (κ3) is 1.70. The molecule has 0 aromatic heterocycles. The summed E-state index contributed by atoms with van der Waals surface area (Å²) in [6, 6.07) is 5.34. The highest BCUT2D eigenvalue weighted by Crippen LogP contribution is 2.33. The molecule has 0 saturated heterocycles. The lowest BCUT2D eigenvalue weighted by atomic mass is 10.1. The first kappa shape index (κ1) is 10.4. The van der Waals surface area contributed by atoms with Crippen LogP contribution in [0.15, 0.2) is 18.2 Å². The van der Waals surface area contributed by atoms with Crippen LogP contribution in [0.4, 0.5) is 10.1 Å². The van der Waals surface area contributed by atoms with Gasteiger partial charge in [0.1, 0.15) is 5.82 Å². The quantitative estimate of drug-likeness (QED) is 0.768. The molecular formula is C11H15FN2O. The van der Waals surface area contributed by atoms with Gasteiger partial charge in [-0.25, -0.2) is 10.3 Å². The van der Waals surface area contributed by atoms with E-state index in [2.05, 4.69) is 9.74 Å². The number of benzene rings is 1. The summed E-state index contributed by atoms with van der Waals surface area (Å²) in [6.07, 6.45) is 0.674. The van der Waals surface area contributed by atoms with Crippen LogP contribution in [0.1, 0.15) is 12.5 Å². The average molecular weight is 210 g/mol. The summed E-state index contributed by atoms with van der Waals surface area (Å²) < 4.78 is 13.5. The van der Waals surface area contributed by atoms with Gasteiger partial charge in [-0.3, -0.25) is 0 Å². The Morgan fingerprint density at radius 3 is 3.07 bits per heavy atom. The van der Waals surface area contributed by atoms with Crippen molar-refractivity contribution in [3.05, 3.63) is 29.6 Å². The third-order valence-corrected chi connectivity index (χ3v) is 2.91. The Labute approximate surface area is 88.6 Å². The van der Waals surface area contributed by atoms with Crippen molar-refractivity contribution in [1.29, 1.82) is 0 Å². The highest BCUT2D eigenvalue weighted by atomic mass is 19.1. The van der Waals surface area contributed by atoms with Crippen LogP contribution in [0, 0.1) is 5.82 Å². The first-order valence-electron chi connectivity index (χ1n) is 5.13. The van der Waals surface area contributed by atoms with Crippen molar-refractivity contribution in [1.82, 2.24) is 0 Å². The fraction of sp³-hybridized carbons (Fsp3) is 0.455. The number of halogens is 1. The molecule has 0 fully saturated rings. The predicted octanol–water partition coefficient (Wildman–Crippen LogP) is 1.47. The molecule has 0 radical (unpaired) electrons. The number of nitrogens with zero attached hydrogens (tertiary/aromatic N) is 1. The largest absolute Gasteiger partial charge is 0.366 e. The fourth-order valence-corrected chi connectivity index (χ4v) is 2.25. The van der Waals surface area contributed by atoms with Gasteiger partial charge in [0.2, 0.25) is 0 Å². The number of anilines is 1. The van der Waals surface area contributed by atoms with Crippen molar-refractivity contribution in [3.63, 3.8) is 0 Å². The van der Waals surface area contributed by atoms with Crippen LogP contribution in [-0.2, 0) is 11.3 Å². The number of hydrogen-bond donors (Lipinski definition) is 1. The summed E-state index contributed by atoms with van der Waals surface area (Å²) in [5, 5.41) is 0. The van der Waals surface area contributed by atoms with Gasteiger partial charge in [-0.1, -0.05) is 6.07 Å². The molecule has 1 aliphatic rings. The lowest BCUT2D eigenvalue weighted by molar-refractivity contribution is 0.123. The molecule has 0 spiro atoms. The van der Waals surface area contributed by atoms with Gasteiger partial charge >= 0.3 is 0 Å². The van der Waals surface area contributed by atoms with E-state index in [1.807, 2.05) is 13.0 Å². The van der Waals surface area contributed by atoms with E-state index >= 15 is 0 Å².